The van der Waals surface area contributed by atoms with Crippen LogP contribution >= 0.6 is 0 Å². The molecule has 0 bridgehead atoms. The zero-order valence-electron chi connectivity index (χ0n) is 14.8. The Labute approximate surface area is 132 Å². The van der Waals surface area contributed by atoms with Gasteiger partial charge in [-0.25, -0.2) is 4.39 Å². The maximum atomic E-state index is 14.7. The summed E-state index contributed by atoms with van der Waals surface area (Å²) in [4.78, 5) is 0. The van der Waals surface area contributed by atoms with E-state index in [0.29, 0.717) is 17.8 Å². The van der Waals surface area contributed by atoms with E-state index in [-0.39, 0.29) is 0 Å². The molecule has 2 rings (SSSR count). The molecule has 0 saturated heterocycles. The van der Waals surface area contributed by atoms with Crippen molar-refractivity contribution in [3.63, 3.8) is 0 Å². The molecule has 0 aromatic heterocycles. The van der Waals surface area contributed by atoms with Crippen LogP contribution in [0, 0.1) is 35.5 Å². The van der Waals surface area contributed by atoms with Crippen LogP contribution in [0.4, 0.5) is 4.39 Å². The molecule has 0 N–H and O–H groups in total. The van der Waals surface area contributed by atoms with Crippen molar-refractivity contribution < 1.29 is 4.39 Å². The van der Waals surface area contributed by atoms with Crippen molar-refractivity contribution >= 4 is 0 Å². The van der Waals surface area contributed by atoms with Crippen molar-refractivity contribution in [3.8, 4) is 0 Å². The van der Waals surface area contributed by atoms with Crippen molar-refractivity contribution in [3.05, 3.63) is 0 Å². The Kier molecular flexibility index (Phi) is 6.56. The van der Waals surface area contributed by atoms with Gasteiger partial charge in [-0.2, -0.15) is 0 Å². The van der Waals surface area contributed by atoms with E-state index in [1.165, 1.54) is 44.9 Å². The summed E-state index contributed by atoms with van der Waals surface area (Å²) < 4.78 is 14.7. The molecule has 21 heavy (non-hydrogen) atoms. The molecule has 0 aliphatic heterocycles. The first-order valence-corrected chi connectivity index (χ1v) is 9.61. The molecular weight excluding hydrogens is 259 g/mol. The van der Waals surface area contributed by atoms with Crippen molar-refractivity contribution in [2.24, 2.45) is 35.5 Å². The molecule has 0 heterocycles. The number of halogens is 1. The van der Waals surface area contributed by atoms with E-state index in [1.807, 2.05) is 0 Å². The van der Waals surface area contributed by atoms with Gasteiger partial charge < -0.3 is 0 Å². The molecule has 2 aliphatic rings. The molecule has 0 nitrogen and oxygen atoms in total. The van der Waals surface area contributed by atoms with E-state index < -0.39 is 6.17 Å². The van der Waals surface area contributed by atoms with E-state index in [2.05, 4.69) is 27.7 Å². The summed E-state index contributed by atoms with van der Waals surface area (Å²) in [5.74, 6) is 4.13. The highest BCUT2D eigenvalue weighted by atomic mass is 19.1. The van der Waals surface area contributed by atoms with Gasteiger partial charge in [-0.15, -0.1) is 0 Å². The van der Waals surface area contributed by atoms with Crippen molar-refractivity contribution in [1.82, 2.24) is 0 Å². The van der Waals surface area contributed by atoms with Crippen LogP contribution in [0.15, 0.2) is 0 Å². The molecule has 124 valence electrons. The molecule has 0 aromatic rings. The molecule has 0 amide bonds. The molecular formula is C20H37F. The average molecular weight is 297 g/mol. The summed E-state index contributed by atoms with van der Waals surface area (Å²) >= 11 is 0. The van der Waals surface area contributed by atoms with Gasteiger partial charge in [0.2, 0.25) is 0 Å². The van der Waals surface area contributed by atoms with Crippen LogP contribution in [-0.4, -0.2) is 6.17 Å². The second kappa shape index (κ2) is 7.97. The van der Waals surface area contributed by atoms with E-state index in [4.69, 9.17) is 0 Å². The van der Waals surface area contributed by atoms with E-state index >= 15 is 0 Å². The lowest BCUT2D eigenvalue weighted by Gasteiger charge is -2.40. The van der Waals surface area contributed by atoms with Crippen molar-refractivity contribution in [2.45, 2.75) is 91.7 Å². The molecule has 2 fully saturated rings. The van der Waals surface area contributed by atoms with E-state index in [0.717, 1.165) is 30.6 Å². The molecule has 1 heteroatoms. The first-order valence-electron chi connectivity index (χ1n) is 9.61. The number of rotatable bonds is 5. The van der Waals surface area contributed by atoms with Gasteiger partial charge in [-0.05, 0) is 67.6 Å². The maximum Gasteiger partial charge on any atom is 0.103 e. The zero-order valence-corrected chi connectivity index (χ0v) is 14.8. The second-order valence-electron chi connectivity index (χ2n) is 8.72. The van der Waals surface area contributed by atoms with Gasteiger partial charge in [0.25, 0.3) is 0 Å². The van der Waals surface area contributed by atoms with Gasteiger partial charge >= 0.3 is 0 Å². The predicted molar refractivity (Wildman–Crippen MR) is 90.1 cm³/mol. The van der Waals surface area contributed by atoms with Gasteiger partial charge in [0.05, 0.1) is 0 Å². The van der Waals surface area contributed by atoms with Gasteiger partial charge in [0.1, 0.15) is 6.17 Å². The molecule has 4 atom stereocenters. The fourth-order valence-corrected chi connectivity index (χ4v) is 4.81. The topological polar surface area (TPSA) is 0 Å². The third kappa shape index (κ3) is 4.96. The smallest absolute Gasteiger partial charge is 0.103 e. The molecule has 0 spiro atoms. The number of alkyl halides is 1. The van der Waals surface area contributed by atoms with Gasteiger partial charge in [0.15, 0.2) is 0 Å². The van der Waals surface area contributed by atoms with Crippen LogP contribution < -0.4 is 0 Å². The lowest BCUT2D eigenvalue weighted by molar-refractivity contribution is 0.0503. The lowest BCUT2D eigenvalue weighted by atomic mass is 9.66. The highest BCUT2D eigenvalue weighted by Gasteiger charge is 2.37. The van der Waals surface area contributed by atoms with Crippen LogP contribution in [0.3, 0.4) is 0 Å². The molecule has 2 aliphatic carbocycles. The Morgan fingerprint density at radius 1 is 0.857 bits per heavy atom. The summed E-state index contributed by atoms with van der Waals surface area (Å²) in [6.45, 7) is 9.23. The minimum Gasteiger partial charge on any atom is -0.247 e. The summed E-state index contributed by atoms with van der Waals surface area (Å²) in [7, 11) is 0. The molecule has 2 saturated carbocycles. The SMILES string of the molecule is CC(C)CCC(C)C1CCC(C2CCC(C)CC2)CC1F. The second-order valence-corrected chi connectivity index (χ2v) is 8.72. The first kappa shape index (κ1) is 17.3. The highest BCUT2D eigenvalue weighted by Crippen LogP contribution is 2.44. The van der Waals surface area contributed by atoms with Gasteiger partial charge in [-0.3, -0.25) is 0 Å². The van der Waals surface area contributed by atoms with Crippen LogP contribution in [0.2, 0.25) is 0 Å². The quantitative estimate of drug-likeness (QED) is 0.533. The summed E-state index contributed by atoms with van der Waals surface area (Å²) in [6, 6.07) is 0. The molecule has 0 radical (unpaired) electrons. The normalized spacial score (nSPS) is 39.4. The van der Waals surface area contributed by atoms with Crippen LogP contribution in [0.5, 0.6) is 0 Å². The Balaban J connectivity index is 1.78. The Bertz CT molecular complexity index is 290. The maximum absolute atomic E-state index is 14.7. The summed E-state index contributed by atoms with van der Waals surface area (Å²) in [5.41, 5.74) is 0. The highest BCUT2D eigenvalue weighted by molar-refractivity contribution is 4.87. The summed E-state index contributed by atoms with van der Waals surface area (Å²) in [6.07, 6.45) is 10.8. The average Bonchev–Trinajstić information content (AvgIpc) is 2.45. The lowest BCUT2D eigenvalue weighted by Crippen LogP contribution is -2.34. The van der Waals surface area contributed by atoms with Crippen LogP contribution in [-0.2, 0) is 0 Å². The third-order valence-electron chi connectivity index (χ3n) is 6.52. The largest absolute Gasteiger partial charge is 0.247 e. The van der Waals surface area contributed by atoms with Gasteiger partial charge in [0, 0.05) is 0 Å². The van der Waals surface area contributed by atoms with Gasteiger partial charge in [-0.1, -0.05) is 53.4 Å². The van der Waals surface area contributed by atoms with Crippen LogP contribution in [0.25, 0.3) is 0 Å². The minimum absolute atomic E-state index is 0.350. The Morgan fingerprint density at radius 3 is 2.05 bits per heavy atom. The fourth-order valence-electron chi connectivity index (χ4n) is 4.81. The van der Waals surface area contributed by atoms with Crippen LogP contribution in [0.1, 0.15) is 85.5 Å². The standard InChI is InChI=1S/C20H37F/c1-14(2)5-8-16(4)19-12-11-18(13-20(19)21)17-9-6-15(3)7-10-17/h14-20H,5-13H2,1-4H3. The molecule has 0 aromatic carbocycles. The molecule has 4 unspecified atom stereocenters. The first-order chi connectivity index (χ1) is 9.97. The van der Waals surface area contributed by atoms with Crippen molar-refractivity contribution in [2.75, 3.05) is 0 Å². The zero-order chi connectivity index (χ0) is 15.4. The Hall–Kier alpha value is -0.0700. The Morgan fingerprint density at radius 2 is 1.48 bits per heavy atom. The number of hydrogen-bond acceptors (Lipinski definition) is 0. The number of hydrogen-bond donors (Lipinski definition) is 0. The predicted octanol–water partition coefficient (Wildman–Crippen LogP) is 6.64. The minimum atomic E-state index is -0.523. The van der Waals surface area contributed by atoms with Crippen molar-refractivity contribution in [1.29, 1.82) is 0 Å². The third-order valence-corrected chi connectivity index (χ3v) is 6.52. The summed E-state index contributed by atoms with van der Waals surface area (Å²) in [5, 5.41) is 0. The van der Waals surface area contributed by atoms with E-state index in [1.54, 1.807) is 0 Å². The fraction of sp³-hybridized carbons (Fsp3) is 1.00. The van der Waals surface area contributed by atoms with E-state index in [9.17, 15) is 4.39 Å². The monoisotopic (exact) mass is 296 g/mol.